The van der Waals surface area contributed by atoms with Crippen molar-refractivity contribution in [3.05, 3.63) is 62.6 Å². The summed E-state index contributed by atoms with van der Waals surface area (Å²) >= 11 is 13.8. The molecule has 1 heterocycles. The minimum Gasteiger partial charge on any atom is -0.444 e. The summed E-state index contributed by atoms with van der Waals surface area (Å²) in [5.74, 6) is -0.461. The maximum absolute atomic E-state index is 14.3. The summed E-state index contributed by atoms with van der Waals surface area (Å²) in [6, 6.07) is 6.10. The van der Waals surface area contributed by atoms with Crippen molar-refractivity contribution in [3.8, 4) is 0 Å². The van der Waals surface area contributed by atoms with Gasteiger partial charge in [0.2, 0.25) is 0 Å². The van der Waals surface area contributed by atoms with Crippen LogP contribution in [-0.2, 0) is 33.8 Å². The summed E-state index contributed by atoms with van der Waals surface area (Å²) in [5.41, 5.74) is -1.83. The van der Waals surface area contributed by atoms with Crippen molar-refractivity contribution < 1.29 is 35.9 Å². The lowest BCUT2D eigenvalue weighted by Crippen LogP contribution is -2.43. The Morgan fingerprint density at radius 1 is 1.11 bits per heavy atom. The van der Waals surface area contributed by atoms with Crippen LogP contribution in [0.2, 0.25) is 10.0 Å². The number of hydrogen-bond acceptors (Lipinski definition) is 8. The zero-order valence-corrected chi connectivity index (χ0v) is 29.2. The van der Waals surface area contributed by atoms with Gasteiger partial charge in [0.15, 0.2) is 9.84 Å². The maximum atomic E-state index is 14.3. The summed E-state index contributed by atoms with van der Waals surface area (Å²) in [6.45, 7) is 7.89. The molecule has 1 fully saturated rings. The van der Waals surface area contributed by atoms with E-state index in [1.54, 1.807) is 20.8 Å². The van der Waals surface area contributed by atoms with E-state index in [4.69, 9.17) is 27.9 Å². The molecule has 46 heavy (non-hydrogen) atoms. The topological polar surface area (TPSA) is 117 Å². The van der Waals surface area contributed by atoms with Crippen LogP contribution in [0.1, 0.15) is 67.6 Å². The SMILES string of the molecule is CCS(=O)(=O)c1ccc(Cl)cc1CNC(=O)c1cc(Cl)c(CN2CCC[C@H](NSCCNC(=O)OC(C)(C)C)C2)c(C(F)(F)F)c1. The highest BCUT2D eigenvalue weighted by Gasteiger charge is 2.36. The van der Waals surface area contributed by atoms with Gasteiger partial charge in [0.1, 0.15) is 5.60 Å². The van der Waals surface area contributed by atoms with Gasteiger partial charge in [-0.2, -0.15) is 13.2 Å². The van der Waals surface area contributed by atoms with E-state index in [2.05, 4.69) is 15.4 Å². The van der Waals surface area contributed by atoms with Crippen molar-refractivity contribution in [3.63, 3.8) is 0 Å². The molecule has 2 aromatic carbocycles. The molecule has 2 amide bonds. The fraction of sp³-hybridized carbons (Fsp3) is 0.533. The second-order valence-corrected chi connectivity index (χ2v) is 15.8. The Labute approximate surface area is 282 Å². The Bertz CT molecular complexity index is 1500. The number of alkyl carbamates (subject to hydrolysis) is 1. The van der Waals surface area contributed by atoms with E-state index in [-0.39, 0.29) is 56.5 Å². The van der Waals surface area contributed by atoms with Crippen LogP contribution in [0.25, 0.3) is 0 Å². The Morgan fingerprint density at radius 2 is 1.83 bits per heavy atom. The van der Waals surface area contributed by atoms with Gasteiger partial charge in [-0.05, 0) is 81.6 Å². The molecule has 256 valence electrons. The standard InChI is InChI=1S/C30H39Cl2F3N4O5S2/c1-5-46(42,43)26-9-8-21(31)13-20(26)16-37-27(40)19-14-24(30(33,34)35)23(25(32)15-19)18-39-11-6-7-22(17-39)38-45-12-10-36-28(41)44-29(2,3)4/h8-9,13-15,22,38H,5-7,10-12,16-18H2,1-4H3,(H,36,41)(H,37,40)/t22-/m0/s1. The van der Waals surface area contributed by atoms with Crippen molar-refractivity contribution in [1.82, 2.24) is 20.3 Å². The van der Waals surface area contributed by atoms with E-state index in [0.29, 0.717) is 25.4 Å². The Kier molecular flexibility index (Phi) is 13.5. The zero-order valence-electron chi connectivity index (χ0n) is 26.0. The molecule has 3 N–H and O–H groups in total. The Hall–Kier alpha value is -2.23. The zero-order chi connectivity index (χ0) is 34.3. The number of piperidine rings is 1. The summed E-state index contributed by atoms with van der Waals surface area (Å²) in [5, 5.41) is 5.22. The van der Waals surface area contributed by atoms with Gasteiger partial charge in [-0.1, -0.05) is 42.1 Å². The van der Waals surface area contributed by atoms with Crippen molar-refractivity contribution in [2.75, 3.05) is 31.1 Å². The summed E-state index contributed by atoms with van der Waals surface area (Å²) in [4.78, 5) is 26.6. The molecule has 2 aromatic rings. The number of nitrogens with one attached hydrogen (secondary N) is 3. The van der Waals surface area contributed by atoms with E-state index < -0.39 is 39.2 Å². The lowest BCUT2D eigenvalue weighted by Gasteiger charge is -2.33. The number of nitrogens with zero attached hydrogens (tertiary/aromatic N) is 1. The molecule has 0 bridgehead atoms. The van der Waals surface area contributed by atoms with Gasteiger partial charge in [-0.15, -0.1) is 0 Å². The molecule has 0 unspecified atom stereocenters. The lowest BCUT2D eigenvalue weighted by atomic mass is 10.00. The molecule has 1 saturated heterocycles. The first kappa shape index (κ1) is 38.2. The molecule has 16 heteroatoms. The van der Waals surface area contributed by atoms with E-state index in [9.17, 15) is 31.2 Å². The third-order valence-corrected chi connectivity index (χ3v) is 10.3. The van der Waals surface area contributed by atoms with E-state index in [1.165, 1.54) is 43.1 Å². The van der Waals surface area contributed by atoms with Crippen LogP contribution in [0.15, 0.2) is 35.2 Å². The maximum Gasteiger partial charge on any atom is 0.416 e. The number of benzene rings is 2. The average molecular weight is 728 g/mol. The molecule has 0 spiro atoms. The van der Waals surface area contributed by atoms with Gasteiger partial charge >= 0.3 is 12.3 Å². The molecule has 1 aliphatic rings. The third kappa shape index (κ3) is 11.5. The van der Waals surface area contributed by atoms with Crippen LogP contribution >= 0.6 is 35.1 Å². The smallest absolute Gasteiger partial charge is 0.416 e. The van der Waals surface area contributed by atoms with Gasteiger partial charge in [-0.3, -0.25) is 14.4 Å². The van der Waals surface area contributed by atoms with Crippen molar-refractivity contribution in [2.45, 2.75) is 76.3 Å². The van der Waals surface area contributed by atoms with Gasteiger partial charge in [-0.25, -0.2) is 13.2 Å². The highest BCUT2D eigenvalue weighted by molar-refractivity contribution is 7.97. The second kappa shape index (κ2) is 16.2. The number of alkyl halides is 3. The molecule has 0 saturated carbocycles. The number of amides is 2. The largest absolute Gasteiger partial charge is 0.444 e. The number of carbonyl (C=O) groups is 2. The van der Waals surface area contributed by atoms with E-state index in [0.717, 1.165) is 18.9 Å². The number of carbonyl (C=O) groups excluding carboxylic acids is 2. The Balaban J connectivity index is 1.65. The highest BCUT2D eigenvalue weighted by atomic mass is 35.5. The third-order valence-electron chi connectivity index (χ3n) is 6.95. The lowest BCUT2D eigenvalue weighted by molar-refractivity contribution is -0.138. The van der Waals surface area contributed by atoms with Crippen LogP contribution in [0.4, 0.5) is 18.0 Å². The molecule has 3 rings (SSSR count). The molecule has 9 nitrogen and oxygen atoms in total. The quantitative estimate of drug-likeness (QED) is 0.169. The van der Waals surface area contributed by atoms with Crippen LogP contribution in [0.5, 0.6) is 0 Å². The second-order valence-electron chi connectivity index (χ2n) is 11.8. The van der Waals surface area contributed by atoms with Gasteiger partial charge in [0.05, 0.1) is 16.2 Å². The van der Waals surface area contributed by atoms with E-state index in [1.807, 2.05) is 4.90 Å². The van der Waals surface area contributed by atoms with Crippen LogP contribution in [0, 0.1) is 0 Å². The van der Waals surface area contributed by atoms with Crippen molar-refractivity contribution in [1.29, 1.82) is 0 Å². The average Bonchev–Trinajstić information content (AvgIpc) is 2.95. The predicted molar refractivity (Wildman–Crippen MR) is 175 cm³/mol. The van der Waals surface area contributed by atoms with Gasteiger partial charge in [0, 0.05) is 53.6 Å². The first-order chi connectivity index (χ1) is 21.4. The minimum atomic E-state index is -4.78. The monoisotopic (exact) mass is 726 g/mol. The first-order valence-corrected chi connectivity index (χ1v) is 18.0. The van der Waals surface area contributed by atoms with Gasteiger partial charge in [0.25, 0.3) is 5.91 Å². The molecule has 0 aromatic heterocycles. The normalized spacial score (nSPS) is 16.2. The number of ether oxygens (including phenoxy) is 1. The van der Waals surface area contributed by atoms with Crippen molar-refractivity contribution >= 4 is 57.0 Å². The number of rotatable bonds is 12. The number of likely N-dealkylation sites (tertiary alicyclic amines) is 1. The minimum absolute atomic E-state index is 0.00587. The fourth-order valence-electron chi connectivity index (χ4n) is 4.82. The number of halogens is 5. The molecule has 1 atom stereocenters. The van der Waals surface area contributed by atoms with Crippen molar-refractivity contribution in [2.24, 2.45) is 0 Å². The first-order valence-electron chi connectivity index (χ1n) is 14.6. The molecule has 0 radical (unpaired) electrons. The van der Waals surface area contributed by atoms with E-state index >= 15 is 0 Å². The highest BCUT2D eigenvalue weighted by Crippen LogP contribution is 2.37. The summed E-state index contributed by atoms with van der Waals surface area (Å²) < 4.78 is 76.3. The predicted octanol–water partition coefficient (Wildman–Crippen LogP) is 6.46. The number of hydrogen-bond donors (Lipinski definition) is 3. The molecule has 1 aliphatic heterocycles. The van der Waals surface area contributed by atoms with Crippen LogP contribution in [-0.4, -0.2) is 68.1 Å². The molecular weight excluding hydrogens is 688 g/mol. The Morgan fingerprint density at radius 3 is 2.48 bits per heavy atom. The fourth-order valence-corrected chi connectivity index (χ4v) is 7.16. The van der Waals surface area contributed by atoms with Crippen LogP contribution in [0.3, 0.4) is 0 Å². The van der Waals surface area contributed by atoms with Gasteiger partial charge < -0.3 is 15.4 Å². The van der Waals surface area contributed by atoms with Crippen LogP contribution < -0.4 is 15.4 Å². The number of sulfone groups is 1. The summed E-state index contributed by atoms with van der Waals surface area (Å²) in [7, 11) is -3.64. The molecular formula is C30H39Cl2F3N4O5S2. The summed E-state index contributed by atoms with van der Waals surface area (Å²) in [6.07, 6.45) is -3.70. The molecule has 0 aliphatic carbocycles.